The molecule has 3 rings (SSSR count). The van der Waals surface area contributed by atoms with E-state index in [1.54, 1.807) is 0 Å². The third-order valence-electron chi connectivity index (χ3n) is 4.49. The third kappa shape index (κ3) is 2.71. The van der Waals surface area contributed by atoms with E-state index in [0.29, 0.717) is 12.1 Å². The number of hydrogen-bond acceptors (Lipinski definition) is 5. The van der Waals surface area contributed by atoms with Gasteiger partial charge in [0.25, 0.3) is 0 Å². The molecule has 2 heterocycles. The summed E-state index contributed by atoms with van der Waals surface area (Å²) >= 11 is 1.93. The van der Waals surface area contributed by atoms with Crippen molar-refractivity contribution in [3.05, 3.63) is 10.6 Å². The summed E-state index contributed by atoms with van der Waals surface area (Å²) in [5, 5.41) is 4.72. The molecule has 4 nitrogen and oxygen atoms in total. The molecule has 0 radical (unpaired) electrons. The zero-order valence-corrected chi connectivity index (χ0v) is 13.7. The fourth-order valence-electron chi connectivity index (χ4n) is 3.50. The van der Waals surface area contributed by atoms with Gasteiger partial charge in [-0.05, 0) is 53.2 Å². The molecule has 0 spiro atoms. The lowest BCUT2D eigenvalue weighted by Gasteiger charge is -2.26. The Labute approximate surface area is 126 Å². The molecule has 2 atom stereocenters. The Hall–Kier alpha value is -0.650. The van der Waals surface area contributed by atoms with Crippen molar-refractivity contribution in [1.82, 2.24) is 15.2 Å². The highest BCUT2D eigenvalue weighted by Gasteiger charge is 2.30. The summed E-state index contributed by atoms with van der Waals surface area (Å²) in [5.41, 5.74) is 1.35. The summed E-state index contributed by atoms with van der Waals surface area (Å²) < 4.78 is 0. The second-order valence-electron chi connectivity index (χ2n) is 6.29. The maximum Gasteiger partial charge on any atom is 0.186 e. The molecule has 20 heavy (non-hydrogen) atoms. The van der Waals surface area contributed by atoms with Crippen LogP contribution in [0.25, 0.3) is 0 Å². The Balaban J connectivity index is 1.82. The van der Waals surface area contributed by atoms with E-state index in [1.807, 2.05) is 11.3 Å². The van der Waals surface area contributed by atoms with E-state index in [0.717, 1.165) is 13.0 Å². The smallest absolute Gasteiger partial charge is 0.186 e. The highest BCUT2D eigenvalue weighted by molar-refractivity contribution is 7.15. The van der Waals surface area contributed by atoms with Gasteiger partial charge < -0.3 is 15.1 Å². The maximum absolute atomic E-state index is 4.97. The number of nitrogens with one attached hydrogen (secondary N) is 1. The second kappa shape index (κ2) is 6.00. The number of thiazole rings is 1. The molecule has 0 bridgehead atoms. The van der Waals surface area contributed by atoms with Crippen molar-refractivity contribution in [1.29, 1.82) is 0 Å². The normalized spacial score (nSPS) is 26.3. The van der Waals surface area contributed by atoms with Gasteiger partial charge in [0.15, 0.2) is 5.13 Å². The third-order valence-corrected chi connectivity index (χ3v) is 5.73. The first kappa shape index (κ1) is 14.3. The molecule has 1 aliphatic heterocycles. The van der Waals surface area contributed by atoms with Gasteiger partial charge in [-0.2, -0.15) is 0 Å². The zero-order chi connectivity index (χ0) is 14.1. The molecule has 1 fully saturated rings. The van der Waals surface area contributed by atoms with E-state index in [4.69, 9.17) is 4.98 Å². The molecule has 1 saturated heterocycles. The number of nitrogens with zero attached hydrogens (tertiary/aromatic N) is 3. The molecule has 0 amide bonds. The maximum atomic E-state index is 4.97. The fourth-order valence-corrected chi connectivity index (χ4v) is 4.86. The number of aromatic nitrogens is 1. The summed E-state index contributed by atoms with van der Waals surface area (Å²) in [6.07, 6.45) is 6.29. The van der Waals surface area contributed by atoms with E-state index in [9.17, 15) is 0 Å². The first-order chi connectivity index (χ1) is 9.69. The van der Waals surface area contributed by atoms with Crippen molar-refractivity contribution in [2.24, 2.45) is 0 Å². The van der Waals surface area contributed by atoms with Crippen LogP contribution in [0.2, 0.25) is 0 Å². The van der Waals surface area contributed by atoms with Crippen molar-refractivity contribution in [3.8, 4) is 0 Å². The minimum Gasteiger partial charge on any atom is -0.344 e. The molecule has 1 aliphatic carbocycles. The standard InChI is InChI=1S/C15H26N4S/c1-16-12-7-4-8-13-14(12)20-15(17-13)19-9-5-6-11(19)10-18(2)3/h11-12,16H,4-10H2,1-3H3. The van der Waals surface area contributed by atoms with Crippen LogP contribution in [0.1, 0.15) is 42.3 Å². The van der Waals surface area contributed by atoms with Gasteiger partial charge >= 0.3 is 0 Å². The molecule has 1 aromatic rings. The largest absolute Gasteiger partial charge is 0.344 e. The van der Waals surface area contributed by atoms with Crippen LogP contribution < -0.4 is 10.2 Å². The molecule has 5 heteroatoms. The monoisotopic (exact) mass is 294 g/mol. The lowest BCUT2D eigenvalue weighted by atomic mass is 9.98. The molecule has 112 valence electrons. The summed E-state index contributed by atoms with van der Waals surface area (Å²) in [4.78, 5) is 11.3. The minimum absolute atomic E-state index is 0.528. The molecule has 0 saturated carbocycles. The molecule has 1 N–H and O–H groups in total. The van der Waals surface area contributed by atoms with Crippen molar-refractivity contribution in [3.63, 3.8) is 0 Å². The van der Waals surface area contributed by atoms with E-state index in [2.05, 4.69) is 36.3 Å². The Morgan fingerprint density at radius 1 is 1.35 bits per heavy atom. The molecular formula is C15H26N4S. The van der Waals surface area contributed by atoms with Crippen molar-refractivity contribution in [2.45, 2.75) is 44.2 Å². The molecule has 2 unspecified atom stereocenters. The van der Waals surface area contributed by atoms with Gasteiger partial charge in [-0.25, -0.2) is 4.98 Å². The number of likely N-dealkylation sites (N-methyl/N-ethyl adjacent to an activating group) is 1. The first-order valence-electron chi connectivity index (χ1n) is 7.77. The van der Waals surface area contributed by atoms with Crippen LogP contribution in [0.4, 0.5) is 5.13 Å². The fraction of sp³-hybridized carbons (Fsp3) is 0.800. The van der Waals surface area contributed by atoms with Crippen LogP contribution in [-0.2, 0) is 6.42 Å². The van der Waals surface area contributed by atoms with Gasteiger partial charge in [0.1, 0.15) is 0 Å². The average Bonchev–Trinajstić information content (AvgIpc) is 3.02. The van der Waals surface area contributed by atoms with Gasteiger partial charge in [-0.15, -0.1) is 0 Å². The summed E-state index contributed by atoms with van der Waals surface area (Å²) in [6.45, 7) is 2.31. The van der Waals surface area contributed by atoms with Gasteiger partial charge in [-0.3, -0.25) is 0 Å². The first-order valence-corrected chi connectivity index (χ1v) is 8.59. The van der Waals surface area contributed by atoms with Gasteiger partial charge in [0.05, 0.1) is 5.69 Å². The van der Waals surface area contributed by atoms with Gasteiger partial charge in [0.2, 0.25) is 0 Å². The Bertz CT molecular complexity index is 457. The summed E-state index contributed by atoms with van der Waals surface area (Å²) in [7, 11) is 6.41. The number of rotatable bonds is 4. The van der Waals surface area contributed by atoms with Crippen LogP contribution in [0, 0.1) is 0 Å². The van der Waals surface area contributed by atoms with Gasteiger partial charge in [0, 0.05) is 30.1 Å². The number of hydrogen-bond donors (Lipinski definition) is 1. The number of anilines is 1. The quantitative estimate of drug-likeness (QED) is 0.923. The van der Waals surface area contributed by atoms with E-state index in [1.165, 1.54) is 47.9 Å². The Morgan fingerprint density at radius 3 is 2.95 bits per heavy atom. The number of aryl methyl sites for hydroxylation is 1. The Kier molecular flexibility index (Phi) is 4.29. The second-order valence-corrected chi connectivity index (χ2v) is 7.30. The summed E-state index contributed by atoms with van der Waals surface area (Å²) in [5.74, 6) is 0. The van der Waals surface area contributed by atoms with Crippen LogP contribution in [0.15, 0.2) is 0 Å². The lowest BCUT2D eigenvalue weighted by Crippen LogP contribution is -2.37. The topological polar surface area (TPSA) is 31.4 Å². The Morgan fingerprint density at radius 2 is 2.20 bits per heavy atom. The number of fused-ring (bicyclic) bond motifs is 1. The zero-order valence-electron chi connectivity index (χ0n) is 12.9. The predicted octanol–water partition coefficient (Wildman–Crippen LogP) is 2.27. The van der Waals surface area contributed by atoms with Crippen LogP contribution in [-0.4, -0.2) is 50.2 Å². The average molecular weight is 294 g/mol. The molecule has 1 aromatic heterocycles. The van der Waals surface area contributed by atoms with E-state index >= 15 is 0 Å². The highest BCUT2D eigenvalue weighted by atomic mass is 32.1. The molecular weight excluding hydrogens is 268 g/mol. The van der Waals surface area contributed by atoms with Crippen LogP contribution in [0.5, 0.6) is 0 Å². The molecule has 2 aliphatic rings. The predicted molar refractivity (Wildman–Crippen MR) is 85.8 cm³/mol. The lowest BCUT2D eigenvalue weighted by molar-refractivity contribution is 0.372. The van der Waals surface area contributed by atoms with Crippen molar-refractivity contribution in [2.75, 3.05) is 39.1 Å². The van der Waals surface area contributed by atoms with E-state index < -0.39 is 0 Å². The summed E-state index contributed by atoms with van der Waals surface area (Å²) in [6, 6.07) is 1.17. The minimum atomic E-state index is 0.528. The SMILES string of the molecule is CNC1CCCc2nc(N3CCCC3CN(C)C)sc21. The van der Waals surface area contributed by atoms with Crippen molar-refractivity contribution < 1.29 is 0 Å². The molecule has 0 aromatic carbocycles. The highest BCUT2D eigenvalue weighted by Crippen LogP contribution is 2.39. The van der Waals surface area contributed by atoms with Crippen LogP contribution >= 0.6 is 11.3 Å². The van der Waals surface area contributed by atoms with Crippen molar-refractivity contribution >= 4 is 16.5 Å². The van der Waals surface area contributed by atoms with E-state index in [-0.39, 0.29) is 0 Å². The van der Waals surface area contributed by atoms with Gasteiger partial charge in [-0.1, -0.05) is 11.3 Å². The van der Waals surface area contributed by atoms with Crippen LogP contribution in [0.3, 0.4) is 0 Å².